The third kappa shape index (κ3) is 13.1. The second-order valence-electron chi connectivity index (χ2n) is 12.0. The first-order valence-electron chi connectivity index (χ1n) is 17.9. The van der Waals surface area contributed by atoms with Crippen LogP contribution in [0, 0.1) is 0 Å². The molecule has 0 aliphatic rings. The first-order valence-corrected chi connectivity index (χ1v) is 17.9. The fourth-order valence-corrected chi connectivity index (χ4v) is 5.25. The summed E-state index contributed by atoms with van der Waals surface area (Å²) in [5.41, 5.74) is 9.66. The van der Waals surface area contributed by atoms with E-state index < -0.39 is 0 Å². The first kappa shape index (κ1) is 41.2. The Morgan fingerprint density at radius 3 is 0.895 bits per heavy atom. The van der Waals surface area contributed by atoms with Crippen LogP contribution < -0.4 is 9.47 Å². The van der Waals surface area contributed by atoms with Crippen LogP contribution in [0.4, 0.5) is 0 Å². The van der Waals surface area contributed by atoms with Crippen molar-refractivity contribution >= 4 is 24.3 Å². The Morgan fingerprint density at radius 1 is 0.316 bits per heavy atom. The van der Waals surface area contributed by atoms with Gasteiger partial charge in [-0.25, -0.2) is 0 Å². The van der Waals surface area contributed by atoms with Gasteiger partial charge in [-0.3, -0.25) is 29.9 Å². The summed E-state index contributed by atoms with van der Waals surface area (Å²) in [7, 11) is 3.34. The Labute approximate surface area is 346 Å². The van der Waals surface area contributed by atoms with Crippen molar-refractivity contribution in [2.45, 2.75) is 0 Å². The molecule has 0 fully saturated rings. The van der Waals surface area contributed by atoms with Gasteiger partial charge in [0.05, 0.1) is 48.4 Å². The third-order valence-corrected chi connectivity index (χ3v) is 8.18. The van der Waals surface area contributed by atoms with E-state index in [-0.39, 0.29) is 19.8 Å². The van der Waals surface area contributed by atoms with Crippen LogP contribution in [-0.4, -0.2) is 44.1 Å². The van der Waals surface area contributed by atoms with Crippen molar-refractivity contribution in [2.24, 2.45) is 0 Å². The van der Waals surface area contributed by atoms with Crippen LogP contribution in [0.1, 0.15) is 22.3 Å². The number of methoxy groups -OCH3 is 2. The molecule has 0 saturated heterocycles. The third-order valence-electron chi connectivity index (χ3n) is 8.18. The molecule has 282 valence electrons. The summed E-state index contributed by atoms with van der Waals surface area (Å²) in [6.07, 6.45) is 19.0. The molecule has 57 heavy (non-hydrogen) atoms. The second-order valence-corrected chi connectivity index (χ2v) is 12.0. The van der Waals surface area contributed by atoms with Crippen LogP contribution in [0.3, 0.4) is 0 Å². The average Bonchev–Trinajstić information content (AvgIpc) is 3.30. The number of pyridine rings is 6. The molecule has 0 radical (unpaired) electrons. The molecule has 0 bridgehead atoms. The molecule has 0 spiro atoms. The van der Waals surface area contributed by atoms with E-state index >= 15 is 0 Å². The van der Waals surface area contributed by atoms with Crippen LogP contribution in [0.5, 0.6) is 11.5 Å². The Bertz CT molecular complexity index is 2170. The summed E-state index contributed by atoms with van der Waals surface area (Å²) in [5, 5.41) is 0. The molecule has 0 aliphatic carbocycles. The van der Waals surface area contributed by atoms with E-state index in [1.807, 2.05) is 158 Å². The van der Waals surface area contributed by atoms with Crippen LogP contribution in [0.2, 0.25) is 0 Å². The molecule has 0 N–H and O–H groups in total. The molecule has 6 heterocycles. The predicted molar refractivity (Wildman–Crippen MR) is 226 cm³/mol. The van der Waals surface area contributed by atoms with Crippen molar-refractivity contribution in [1.29, 1.82) is 0 Å². The van der Waals surface area contributed by atoms with Gasteiger partial charge in [0.2, 0.25) is 0 Å². The van der Waals surface area contributed by atoms with Gasteiger partial charge in [-0.2, -0.15) is 0 Å². The smallest absolute Gasteiger partial charge is 0.118 e. The molecule has 0 saturated carbocycles. The van der Waals surface area contributed by atoms with Crippen LogP contribution >= 0.6 is 0 Å². The van der Waals surface area contributed by atoms with Crippen LogP contribution in [-0.2, 0) is 19.8 Å². The molecule has 8 nitrogen and oxygen atoms in total. The van der Waals surface area contributed by atoms with Crippen molar-refractivity contribution in [2.75, 3.05) is 14.2 Å². The number of nitrogens with zero attached hydrogens (tertiary/aromatic N) is 6. The maximum absolute atomic E-state index is 5.21. The molecule has 0 atom stereocenters. The molecule has 6 aromatic heterocycles. The van der Waals surface area contributed by atoms with Crippen molar-refractivity contribution in [3.8, 4) is 45.7 Å². The number of benzene rings is 2. The van der Waals surface area contributed by atoms with E-state index in [0.717, 1.165) is 67.9 Å². The largest absolute Gasteiger partial charge is 0.497 e. The molecule has 8 rings (SSSR count). The zero-order valence-electron chi connectivity index (χ0n) is 31.5. The van der Waals surface area contributed by atoms with Crippen LogP contribution in [0.15, 0.2) is 183 Å². The number of aromatic nitrogens is 6. The number of ether oxygens (including phenoxy) is 2. The Morgan fingerprint density at radius 2 is 0.614 bits per heavy atom. The monoisotopic (exact) mass is 924 g/mol. The summed E-state index contributed by atoms with van der Waals surface area (Å²) in [5.74, 6) is 1.70. The summed E-state index contributed by atoms with van der Waals surface area (Å²) in [6.45, 7) is 0. The van der Waals surface area contributed by atoms with Gasteiger partial charge in [-0.1, -0.05) is 72.8 Å². The fourth-order valence-electron chi connectivity index (χ4n) is 5.25. The fraction of sp³-hybridized carbons (Fsp3) is 0.0417. The average molecular weight is 923 g/mol. The van der Waals surface area contributed by atoms with E-state index in [1.165, 1.54) is 0 Å². The van der Waals surface area contributed by atoms with E-state index in [2.05, 4.69) is 54.2 Å². The van der Waals surface area contributed by atoms with E-state index in [0.29, 0.717) is 0 Å². The molecule has 9 heteroatoms. The van der Waals surface area contributed by atoms with Crippen molar-refractivity contribution in [3.05, 3.63) is 205 Å². The predicted octanol–water partition coefficient (Wildman–Crippen LogP) is 10.8. The minimum Gasteiger partial charge on any atom is -0.497 e. The molecule has 0 aliphatic heterocycles. The number of rotatable bonds is 9. The van der Waals surface area contributed by atoms with Gasteiger partial charge >= 0.3 is 0 Å². The quantitative estimate of drug-likeness (QED) is 0.141. The maximum atomic E-state index is 5.21. The molecule has 2 aromatic carbocycles. The van der Waals surface area contributed by atoms with Gasteiger partial charge in [0.25, 0.3) is 0 Å². The Hall–Kier alpha value is -6.94. The van der Waals surface area contributed by atoms with Gasteiger partial charge in [-0.15, -0.1) is 0 Å². The van der Waals surface area contributed by atoms with Gasteiger partial charge in [0.1, 0.15) is 11.5 Å². The van der Waals surface area contributed by atoms with Crippen molar-refractivity contribution in [1.82, 2.24) is 29.9 Å². The molecular weight excluding hydrogens is 883 g/mol. The topological polar surface area (TPSA) is 95.8 Å². The summed E-state index contributed by atoms with van der Waals surface area (Å²) >= 11 is 0. The van der Waals surface area contributed by atoms with E-state index in [9.17, 15) is 0 Å². The number of hydrogen-bond donors (Lipinski definition) is 0. The Kier molecular flexibility index (Phi) is 16.2. The standard InChI is InChI=1S/C28H24N2O2.2C10H8N2.Os/c1-31-25-11-7-21(8-12-25)3-5-23-15-17-29-27(19-23)28-20-24(16-18-30-28)6-4-22-9-13-26(32-2)14-10-22;2*1-3-7-11-9(5-1)10-6-2-4-8-12-10;/h3-20H,1-2H3;2*1-8H;/b5-3+,6-4+;;;. The van der Waals surface area contributed by atoms with Gasteiger partial charge < -0.3 is 9.47 Å². The van der Waals surface area contributed by atoms with Crippen LogP contribution in [0.25, 0.3) is 58.5 Å². The summed E-state index contributed by atoms with van der Waals surface area (Å²) in [6, 6.07) is 47.1. The van der Waals surface area contributed by atoms with Gasteiger partial charge in [-0.05, 0) is 119 Å². The molecule has 0 amide bonds. The SMILES string of the molecule is COc1ccc(/C=C/c2ccnc(-c3cc(/C=C/c4ccc(OC)cc4)ccn3)c2)cc1.[Os].c1ccc(-c2ccccn2)nc1.c1ccc(-c2ccccn2)nc1. The second kappa shape index (κ2) is 22.4. The van der Waals surface area contributed by atoms with Crippen molar-refractivity contribution in [3.63, 3.8) is 0 Å². The molecule has 8 aromatic rings. The normalized spacial score (nSPS) is 10.4. The summed E-state index contributed by atoms with van der Waals surface area (Å²) < 4.78 is 10.4. The molecule has 0 unspecified atom stereocenters. The zero-order valence-corrected chi connectivity index (χ0v) is 34.0. The summed E-state index contributed by atoms with van der Waals surface area (Å²) in [4.78, 5) is 25.8. The maximum Gasteiger partial charge on any atom is 0.118 e. The van der Waals surface area contributed by atoms with E-state index in [4.69, 9.17) is 9.47 Å². The minimum atomic E-state index is 0. The van der Waals surface area contributed by atoms with E-state index in [1.54, 1.807) is 39.0 Å². The van der Waals surface area contributed by atoms with Gasteiger partial charge in [0.15, 0.2) is 0 Å². The first-order chi connectivity index (χ1) is 27.7. The minimum absolute atomic E-state index is 0. The molecular formula is C48H40N6O2Os. The Balaban J connectivity index is 0.000000201. The zero-order chi connectivity index (χ0) is 38.6. The van der Waals surface area contributed by atoms with Crippen molar-refractivity contribution < 1.29 is 29.3 Å². The number of hydrogen-bond acceptors (Lipinski definition) is 8. The van der Waals surface area contributed by atoms with Gasteiger partial charge in [0, 0.05) is 57.0 Å².